The molecule has 1 amide bonds. The van der Waals surface area contributed by atoms with Gasteiger partial charge in [-0.2, -0.15) is 0 Å². The summed E-state index contributed by atoms with van der Waals surface area (Å²) in [6.07, 6.45) is 4.34. The number of guanidine groups is 1. The van der Waals surface area contributed by atoms with Crippen molar-refractivity contribution in [3.8, 4) is 0 Å². The van der Waals surface area contributed by atoms with E-state index in [-0.39, 0.29) is 24.3 Å². The quantitative estimate of drug-likeness (QED) is 0.283. The van der Waals surface area contributed by atoms with Gasteiger partial charge in [0, 0.05) is 13.0 Å². The van der Waals surface area contributed by atoms with Gasteiger partial charge < -0.3 is 16.8 Å². The zero-order valence-corrected chi connectivity index (χ0v) is 9.03. The number of amides is 1. The first kappa shape index (κ1) is 15.5. The van der Waals surface area contributed by atoms with E-state index >= 15 is 0 Å². The van der Waals surface area contributed by atoms with Crippen molar-refractivity contribution in [3.63, 3.8) is 0 Å². The Morgan fingerprint density at radius 3 is 2.21 bits per heavy atom. The summed E-state index contributed by atoms with van der Waals surface area (Å²) in [7, 11) is 0. The van der Waals surface area contributed by atoms with E-state index in [4.69, 9.17) is 16.9 Å². The molecule has 5 nitrogen and oxygen atoms in total. The molecule has 84 valence electrons. The fourth-order valence-corrected chi connectivity index (χ4v) is 1.00. The molecule has 0 aliphatic rings. The predicted molar refractivity (Wildman–Crippen MR) is 59.4 cm³/mol. The van der Waals surface area contributed by atoms with Crippen LogP contribution in [0.5, 0.6) is 0 Å². The number of carbonyl (C=O) groups is 1. The van der Waals surface area contributed by atoms with Crippen molar-refractivity contribution in [2.45, 2.75) is 32.1 Å². The Kier molecular flexibility index (Phi) is 11.2. The summed E-state index contributed by atoms with van der Waals surface area (Å²) in [5, 5.41) is 9.59. The third-order valence-corrected chi connectivity index (χ3v) is 1.67. The van der Waals surface area contributed by atoms with Gasteiger partial charge in [0.2, 0.25) is 5.91 Å². The van der Waals surface area contributed by atoms with E-state index in [9.17, 15) is 4.79 Å². The van der Waals surface area contributed by atoms with Crippen molar-refractivity contribution in [2.24, 2.45) is 11.5 Å². The second-order valence-electron chi connectivity index (χ2n) is 2.97. The van der Waals surface area contributed by atoms with E-state index in [1.54, 1.807) is 0 Å². The van der Waals surface area contributed by atoms with Crippen molar-refractivity contribution < 1.29 is 4.79 Å². The molecule has 0 rings (SSSR count). The first-order valence-corrected chi connectivity index (χ1v) is 4.49. The van der Waals surface area contributed by atoms with Crippen LogP contribution in [-0.4, -0.2) is 18.4 Å². The van der Waals surface area contributed by atoms with E-state index in [1.807, 2.05) is 0 Å². The minimum absolute atomic E-state index is 0. The molecule has 0 spiro atoms. The van der Waals surface area contributed by atoms with Crippen LogP contribution in [0.3, 0.4) is 0 Å². The van der Waals surface area contributed by atoms with Gasteiger partial charge in [0.1, 0.15) is 0 Å². The zero-order chi connectivity index (χ0) is 10.1. The first-order chi connectivity index (χ1) is 6.13. The van der Waals surface area contributed by atoms with Crippen LogP contribution in [0, 0.1) is 5.41 Å². The van der Waals surface area contributed by atoms with Crippen molar-refractivity contribution >= 4 is 24.3 Å². The molecule has 0 radical (unpaired) electrons. The number of carbonyl (C=O) groups excluding carboxylic acids is 1. The normalized spacial score (nSPS) is 8.86. The highest BCUT2D eigenvalue weighted by Crippen LogP contribution is 2.01. The number of primary amides is 1. The summed E-state index contributed by atoms with van der Waals surface area (Å²) in [5.41, 5.74) is 10.1. The van der Waals surface area contributed by atoms with Crippen LogP contribution in [0.15, 0.2) is 0 Å². The van der Waals surface area contributed by atoms with Crippen LogP contribution in [-0.2, 0) is 4.79 Å². The Balaban J connectivity index is 0. The van der Waals surface area contributed by atoms with Crippen LogP contribution >= 0.6 is 12.4 Å². The number of hydrogen-bond donors (Lipinski definition) is 4. The highest BCUT2D eigenvalue weighted by molar-refractivity contribution is 5.85. The van der Waals surface area contributed by atoms with Crippen LogP contribution in [0.1, 0.15) is 32.1 Å². The van der Waals surface area contributed by atoms with Gasteiger partial charge in [-0.1, -0.05) is 12.8 Å². The largest absolute Gasteiger partial charge is 0.370 e. The second kappa shape index (κ2) is 10.1. The molecule has 6 N–H and O–H groups in total. The molecule has 0 bridgehead atoms. The maximum Gasteiger partial charge on any atom is 0.217 e. The van der Waals surface area contributed by atoms with Crippen molar-refractivity contribution in [1.82, 2.24) is 5.32 Å². The molecule has 0 heterocycles. The van der Waals surface area contributed by atoms with Gasteiger partial charge in [0.25, 0.3) is 0 Å². The number of rotatable bonds is 7. The average molecular weight is 223 g/mol. The molecule has 0 unspecified atom stereocenters. The Morgan fingerprint density at radius 1 is 1.14 bits per heavy atom. The fraction of sp³-hybridized carbons (Fsp3) is 0.750. The summed E-state index contributed by atoms with van der Waals surface area (Å²) in [6, 6.07) is 0. The Labute approximate surface area is 90.5 Å². The Bertz CT molecular complexity index is 157. The SMILES string of the molecule is Cl.N=C(N)NCCCCCCC(N)=O. The van der Waals surface area contributed by atoms with Crippen molar-refractivity contribution in [3.05, 3.63) is 0 Å². The Morgan fingerprint density at radius 2 is 1.71 bits per heavy atom. The van der Waals surface area contributed by atoms with Gasteiger partial charge >= 0.3 is 0 Å². The maximum absolute atomic E-state index is 10.3. The summed E-state index contributed by atoms with van der Waals surface area (Å²) in [6.45, 7) is 0.728. The van der Waals surface area contributed by atoms with E-state index in [0.717, 1.165) is 32.2 Å². The summed E-state index contributed by atoms with van der Waals surface area (Å²) in [4.78, 5) is 10.3. The summed E-state index contributed by atoms with van der Waals surface area (Å²) >= 11 is 0. The molecule has 0 aliphatic heterocycles. The van der Waals surface area contributed by atoms with Crippen molar-refractivity contribution in [2.75, 3.05) is 6.54 Å². The van der Waals surface area contributed by atoms with Gasteiger partial charge in [-0.25, -0.2) is 0 Å². The molecular formula is C8H19ClN4O. The lowest BCUT2D eigenvalue weighted by molar-refractivity contribution is -0.118. The average Bonchev–Trinajstić information content (AvgIpc) is 2.01. The molecule has 0 atom stereocenters. The molecule has 0 aliphatic carbocycles. The molecule has 0 saturated carbocycles. The lowest BCUT2D eigenvalue weighted by atomic mass is 10.1. The van der Waals surface area contributed by atoms with Crippen LogP contribution in [0.4, 0.5) is 0 Å². The van der Waals surface area contributed by atoms with E-state index in [1.165, 1.54) is 0 Å². The number of nitrogens with two attached hydrogens (primary N) is 2. The highest BCUT2D eigenvalue weighted by Gasteiger charge is 1.94. The third-order valence-electron chi connectivity index (χ3n) is 1.67. The molecular weight excluding hydrogens is 204 g/mol. The lowest BCUT2D eigenvalue weighted by Gasteiger charge is -2.02. The van der Waals surface area contributed by atoms with Gasteiger partial charge in [0.15, 0.2) is 5.96 Å². The number of nitrogens with one attached hydrogen (secondary N) is 2. The fourth-order valence-electron chi connectivity index (χ4n) is 1.00. The smallest absolute Gasteiger partial charge is 0.217 e. The zero-order valence-electron chi connectivity index (χ0n) is 8.21. The van der Waals surface area contributed by atoms with E-state index < -0.39 is 0 Å². The van der Waals surface area contributed by atoms with Crippen molar-refractivity contribution in [1.29, 1.82) is 5.41 Å². The summed E-state index contributed by atoms with van der Waals surface area (Å²) < 4.78 is 0. The first-order valence-electron chi connectivity index (χ1n) is 4.49. The molecule has 0 aromatic rings. The minimum atomic E-state index is -0.234. The number of unbranched alkanes of at least 4 members (excludes halogenated alkanes) is 3. The van der Waals surface area contributed by atoms with Gasteiger partial charge in [-0.05, 0) is 12.8 Å². The molecule has 0 fully saturated rings. The molecule has 0 aromatic heterocycles. The molecule has 0 aromatic carbocycles. The number of halogens is 1. The van der Waals surface area contributed by atoms with Crippen LogP contribution in [0.25, 0.3) is 0 Å². The molecule has 6 heteroatoms. The van der Waals surface area contributed by atoms with Gasteiger partial charge in [-0.3, -0.25) is 10.2 Å². The third kappa shape index (κ3) is 13.6. The standard InChI is InChI=1S/C8H18N4O.ClH/c9-7(13)5-3-1-2-4-6-12-8(10)11;/h1-6H2,(H2,9,13)(H4,10,11,12);1H. The minimum Gasteiger partial charge on any atom is -0.370 e. The van der Waals surface area contributed by atoms with E-state index in [0.29, 0.717) is 6.42 Å². The monoisotopic (exact) mass is 222 g/mol. The Hall–Kier alpha value is -0.970. The lowest BCUT2D eigenvalue weighted by Crippen LogP contribution is -2.30. The second-order valence-corrected chi connectivity index (χ2v) is 2.97. The topological polar surface area (TPSA) is 105 Å². The molecule has 0 saturated heterocycles. The van der Waals surface area contributed by atoms with Crippen LogP contribution in [0.2, 0.25) is 0 Å². The predicted octanol–water partition coefficient (Wildman–Crippen LogP) is 0.327. The van der Waals surface area contributed by atoms with Gasteiger partial charge in [-0.15, -0.1) is 12.4 Å². The maximum atomic E-state index is 10.3. The van der Waals surface area contributed by atoms with Gasteiger partial charge in [0.05, 0.1) is 0 Å². The summed E-state index contributed by atoms with van der Waals surface area (Å²) in [5.74, 6) is -0.223. The number of hydrogen-bond acceptors (Lipinski definition) is 2. The highest BCUT2D eigenvalue weighted by atomic mass is 35.5. The molecule has 14 heavy (non-hydrogen) atoms. The van der Waals surface area contributed by atoms with E-state index in [2.05, 4.69) is 5.32 Å². The van der Waals surface area contributed by atoms with Crippen LogP contribution < -0.4 is 16.8 Å².